The lowest BCUT2D eigenvalue weighted by Crippen LogP contribution is -2.33. The molecule has 2 atom stereocenters. The molecule has 24 heavy (non-hydrogen) atoms. The average molecular weight is 330 g/mol. The fraction of sp³-hybridized carbons (Fsp3) is 0.588. The van der Waals surface area contributed by atoms with Crippen molar-refractivity contribution in [1.82, 2.24) is 20.0 Å². The summed E-state index contributed by atoms with van der Waals surface area (Å²) in [5, 5.41) is 4.04. The molecule has 2 saturated heterocycles. The van der Waals surface area contributed by atoms with Crippen molar-refractivity contribution in [3.05, 3.63) is 35.5 Å². The summed E-state index contributed by atoms with van der Waals surface area (Å²) in [6.45, 7) is 7.34. The van der Waals surface area contributed by atoms with Gasteiger partial charge in [-0.15, -0.1) is 0 Å². The molecule has 4 heterocycles. The first-order chi connectivity index (χ1) is 11.6. The summed E-state index contributed by atoms with van der Waals surface area (Å²) < 4.78 is 17.2. The molecular formula is C17H22N4O3. The van der Waals surface area contributed by atoms with E-state index in [9.17, 15) is 0 Å². The normalized spacial score (nSPS) is 27.2. The van der Waals surface area contributed by atoms with Gasteiger partial charge in [-0.05, 0) is 26.3 Å². The van der Waals surface area contributed by atoms with Crippen molar-refractivity contribution in [1.29, 1.82) is 0 Å². The fourth-order valence-corrected chi connectivity index (χ4v) is 3.67. The SMILES string of the molecule is Cc1noc(C)c1CN1CC[C@@]2(C[C@@H](Oc3ncccn3)CO2)C1. The molecule has 1 spiro atoms. The van der Waals surface area contributed by atoms with E-state index < -0.39 is 0 Å². The molecule has 128 valence electrons. The second-order valence-electron chi connectivity index (χ2n) is 6.73. The predicted molar refractivity (Wildman–Crippen MR) is 85.6 cm³/mol. The van der Waals surface area contributed by atoms with E-state index in [0.717, 1.165) is 43.9 Å². The Morgan fingerprint density at radius 1 is 1.33 bits per heavy atom. The van der Waals surface area contributed by atoms with E-state index in [2.05, 4.69) is 20.0 Å². The maximum atomic E-state index is 6.13. The third-order valence-corrected chi connectivity index (χ3v) is 4.95. The maximum Gasteiger partial charge on any atom is 0.316 e. The van der Waals surface area contributed by atoms with Crippen LogP contribution in [0.15, 0.2) is 23.0 Å². The predicted octanol–water partition coefficient (Wildman–Crippen LogP) is 1.89. The molecule has 0 bridgehead atoms. The van der Waals surface area contributed by atoms with Gasteiger partial charge in [0.05, 0.1) is 17.9 Å². The second-order valence-corrected chi connectivity index (χ2v) is 6.73. The number of nitrogens with zero attached hydrogens (tertiary/aromatic N) is 4. The first-order valence-electron chi connectivity index (χ1n) is 8.35. The van der Waals surface area contributed by atoms with Crippen LogP contribution in [-0.2, 0) is 11.3 Å². The summed E-state index contributed by atoms with van der Waals surface area (Å²) in [5.74, 6) is 0.906. The fourth-order valence-electron chi connectivity index (χ4n) is 3.67. The largest absolute Gasteiger partial charge is 0.458 e. The van der Waals surface area contributed by atoms with Gasteiger partial charge in [-0.1, -0.05) is 5.16 Å². The van der Waals surface area contributed by atoms with Gasteiger partial charge in [-0.2, -0.15) is 0 Å². The van der Waals surface area contributed by atoms with E-state index in [1.165, 1.54) is 5.56 Å². The summed E-state index contributed by atoms with van der Waals surface area (Å²) in [6.07, 6.45) is 5.30. The topological polar surface area (TPSA) is 73.5 Å². The van der Waals surface area contributed by atoms with Crippen LogP contribution in [0.4, 0.5) is 0 Å². The Hall–Kier alpha value is -1.99. The van der Waals surface area contributed by atoms with E-state index in [1.807, 2.05) is 13.8 Å². The lowest BCUT2D eigenvalue weighted by molar-refractivity contribution is 0.00907. The first-order valence-corrected chi connectivity index (χ1v) is 8.35. The number of rotatable bonds is 4. The standard InChI is InChI=1S/C17H22N4O3/c1-12-15(13(2)24-20-12)9-21-7-4-17(11-21)8-14(10-22-17)23-16-18-5-3-6-19-16/h3,5-6,14H,4,7-11H2,1-2H3/t14-,17-/m1/s1. The first kappa shape index (κ1) is 15.5. The quantitative estimate of drug-likeness (QED) is 0.847. The van der Waals surface area contributed by atoms with Gasteiger partial charge in [0.2, 0.25) is 0 Å². The minimum atomic E-state index is -0.113. The smallest absolute Gasteiger partial charge is 0.316 e. The number of likely N-dealkylation sites (tertiary alicyclic amines) is 1. The van der Waals surface area contributed by atoms with E-state index in [0.29, 0.717) is 12.6 Å². The van der Waals surface area contributed by atoms with Crippen molar-refractivity contribution >= 4 is 0 Å². The van der Waals surface area contributed by atoms with Crippen molar-refractivity contribution in [3.63, 3.8) is 0 Å². The van der Waals surface area contributed by atoms with Crippen molar-refractivity contribution in [2.45, 2.75) is 44.9 Å². The van der Waals surface area contributed by atoms with E-state index >= 15 is 0 Å². The van der Waals surface area contributed by atoms with Gasteiger partial charge in [-0.3, -0.25) is 4.90 Å². The van der Waals surface area contributed by atoms with Crippen molar-refractivity contribution in [3.8, 4) is 6.01 Å². The zero-order valence-corrected chi connectivity index (χ0v) is 14.1. The molecule has 4 rings (SSSR count). The lowest BCUT2D eigenvalue weighted by Gasteiger charge is -2.23. The van der Waals surface area contributed by atoms with Crippen molar-refractivity contribution < 1.29 is 14.0 Å². The molecule has 0 N–H and O–H groups in total. The summed E-state index contributed by atoms with van der Waals surface area (Å²) in [6, 6.07) is 2.21. The Bertz CT molecular complexity index is 686. The van der Waals surface area contributed by atoms with Gasteiger partial charge in [0.1, 0.15) is 11.9 Å². The maximum absolute atomic E-state index is 6.13. The highest BCUT2D eigenvalue weighted by atomic mass is 16.6. The van der Waals surface area contributed by atoms with Crippen LogP contribution < -0.4 is 4.74 Å². The molecule has 2 aliphatic heterocycles. The van der Waals surface area contributed by atoms with Crippen LogP contribution in [0.25, 0.3) is 0 Å². The van der Waals surface area contributed by atoms with E-state index in [4.69, 9.17) is 14.0 Å². The summed E-state index contributed by atoms with van der Waals surface area (Å²) in [4.78, 5) is 10.7. The minimum Gasteiger partial charge on any atom is -0.458 e. The monoisotopic (exact) mass is 330 g/mol. The Balaban J connectivity index is 1.36. The summed E-state index contributed by atoms with van der Waals surface area (Å²) >= 11 is 0. The van der Waals surface area contributed by atoms with Crippen LogP contribution in [0.5, 0.6) is 6.01 Å². The highest BCUT2D eigenvalue weighted by Gasteiger charge is 2.46. The molecule has 2 fully saturated rings. The number of aryl methyl sites for hydroxylation is 2. The van der Waals surface area contributed by atoms with Gasteiger partial charge in [0.15, 0.2) is 0 Å². The Morgan fingerprint density at radius 3 is 2.92 bits per heavy atom. The van der Waals surface area contributed by atoms with E-state index in [1.54, 1.807) is 18.5 Å². The summed E-state index contributed by atoms with van der Waals surface area (Å²) in [7, 11) is 0. The Morgan fingerprint density at radius 2 is 2.17 bits per heavy atom. The van der Waals surface area contributed by atoms with Crippen LogP contribution in [-0.4, -0.2) is 51.4 Å². The molecule has 2 aliphatic rings. The average Bonchev–Trinajstić information content (AvgIpc) is 3.26. The van der Waals surface area contributed by atoms with Gasteiger partial charge in [0.25, 0.3) is 0 Å². The molecule has 2 aromatic heterocycles. The Kier molecular flexibility index (Phi) is 3.97. The molecule has 0 saturated carbocycles. The van der Waals surface area contributed by atoms with Gasteiger partial charge >= 0.3 is 6.01 Å². The molecule has 0 amide bonds. The highest BCUT2D eigenvalue weighted by molar-refractivity contribution is 5.21. The molecular weight excluding hydrogens is 308 g/mol. The van der Waals surface area contributed by atoms with E-state index in [-0.39, 0.29) is 11.7 Å². The van der Waals surface area contributed by atoms with Crippen LogP contribution in [0.2, 0.25) is 0 Å². The van der Waals surface area contributed by atoms with Gasteiger partial charge < -0.3 is 14.0 Å². The van der Waals surface area contributed by atoms with Gasteiger partial charge in [0, 0.05) is 44.0 Å². The van der Waals surface area contributed by atoms with Crippen molar-refractivity contribution in [2.24, 2.45) is 0 Å². The Labute approximate surface area is 141 Å². The number of hydrogen-bond acceptors (Lipinski definition) is 7. The van der Waals surface area contributed by atoms with Crippen molar-refractivity contribution in [2.75, 3.05) is 19.7 Å². The third-order valence-electron chi connectivity index (χ3n) is 4.95. The zero-order chi connectivity index (χ0) is 16.6. The molecule has 0 radical (unpaired) electrons. The molecule has 7 heteroatoms. The molecule has 0 aromatic carbocycles. The molecule has 0 aliphatic carbocycles. The molecule has 0 unspecified atom stereocenters. The molecule has 2 aromatic rings. The minimum absolute atomic E-state index is 0.0198. The van der Waals surface area contributed by atoms with Crippen LogP contribution in [0, 0.1) is 13.8 Å². The third kappa shape index (κ3) is 3.01. The number of aromatic nitrogens is 3. The number of ether oxygens (including phenoxy) is 2. The lowest BCUT2D eigenvalue weighted by atomic mass is 9.98. The van der Waals surface area contributed by atoms with Crippen LogP contribution in [0.3, 0.4) is 0 Å². The number of hydrogen-bond donors (Lipinski definition) is 0. The second kappa shape index (κ2) is 6.14. The van der Waals surface area contributed by atoms with Gasteiger partial charge in [-0.25, -0.2) is 9.97 Å². The summed E-state index contributed by atoms with van der Waals surface area (Å²) in [5.41, 5.74) is 2.05. The van der Waals surface area contributed by atoms with Crippen LogP contribution >= 0.6 is 0 Å². The van der Waals surface area contributed by atoms with Crippen LogP contribution in [0.1, 0.15) is 29.9 Å². The zero-order valence-electron chi connectivity index (χ0n) is 14.1. The molecule has 7 nitrogen and oxygen atoms in total. The highest BCUT2D eigenvalue weighted by Crippen LogP contribution is 2.37.